The molecule has 0 saturated carbocycles. The van der Waals surface area contributed by atoms with E-state index in [0.717, 1.165) is 0 Å². The van der Waals surface area contributed by atoms with E-state index in [9.17, 15) is 14.4 Å². The molecule has 0 unspecified atom stereocenters. The van der Waals surface area contributed by atoms with Crippen molar-refractivity contribution in [3.8, 4) is 0 Å². The van der Waals surface area contributed by atoms with Crippen molar-refractivity contribution in [3.05, 3.63) is 0 Å². The largest absolute Gasteiger partial charge is 0.461 e. The molecule has 0 aromatic carbocycles. The highest BCUT2D eigenvalue weighted by molar-refractivity contribution is 6.26. The number of nitrogens with one attached hydrogen (secondary N) is 2. The standard InChI is InChI=1S/C15H26N2O5/c1-5-13(21-6-2)14(19)17-12(8-7-11(18)9-16)15(20)22-10(3)4/h9-10,12-13,16H,5-8H2,1-4H3,(H,17,19)/t12-,13-/m0/s1. The molecular weight excluding hydrogens is 288 g/mol. The van der Waals surface area contributed by atoms with E-state index in [2.05, 4.69) is 5.32 Å². The second kappa shape index (κ2) is 10.9. The summed E-state index contributed by atoms with van der Waals surface area (Å²) in [6.07, 6.45) is 0.297. The van der Waals surface area contributed by atoms with Crippen molar-refractivity contribution in [2.24, 2.45) is 0 Å². The molecule has 0 heterocycles. The van der Waals surface area contributed by atoms with Gasteiger partial charge in [0.05, 0.1) is 12.3 Å². The first-order chi connectivity index (χ1) is 10.3. The minimum atomic E-state index is -0.923. The number of hydrogen-bond acceptors (Lipinski definition) is 6. The van der Waals surface area contributed by atoms with Crippen LogP contribution >= 0.6 is 0 Å². The fourth-order valence-electron chi connectivity index (χ4n) is 1.77. The van der Waals surface area contributed by atoms with Gasteiger partial charge >= 0.3 is 5.97 Å². The summed E-state index contributed by atoms with van der Waals surface area (Å²) < 4.78 is 10.4. The highest BCUT2D eigenvalue weighted by Gasteiger charge is 2.27. The van der Waals surface area contributed by atoms with Gasteiger partial charge in [0.1, 0.15) is 12.1 Å². The number of amides is 1. The highest BCUT2D eigenvalue weighted by Crippen LogP contribution is 2.06. The molecule has 0 aromatic rings. The van der Waals surface area contributed by atoms with E-state index in [1.165, 1.54) is 0 Å². The number of ether oxygens (including phenoxy) is 2. The molecule has 0 aromatic heterocycles. The van der Waals surface area contributed by atoms with E-state index in [0.29, 0.717) is 19.2 Å². The van der Waals surface area contributed by atoms with Gasteiger partial charge < -0.3 is 20.2 Å². The Balaban J connectivity index is 4.82. The molecule has 0 saturated heterocycles. The molecule has 22 heavy (non-hydrogen) atoms. The number of esters is 1. The van der Waals surface area contributed by atoms with E-state index in [1.807, 2.05) is 0 Å². The van der Waals surface area contributed by atoms with E-state index in [-0.39, 0.29) is 18.9 Å². The second-order valence-corrected chi connectivity index (χ2v) is 5.05. The van der Waals surface area contributed by atoms with E-state index < -0.39 is 29.8 Å². The van der Waals surface area contributed by atoms with Crippen LogP contribution in [0.4, 0.5) is 0 Å². The normalized spacial score (nSPS) is 13.3. The van der Waals surface area contributed by atoms with Crippen LogP contribution in [0.15, 0.2) is 0 Å². The Labute approximate surface area is 131 Å². The maximum Gasteiger partial charge on any atom is 0.328 e. The van der Waals surface area contributed by atoms with Gasteiger partial charge in [-0.05, 0) is 33.6 Å². The van der Waals surface area contributed by atoms with Gasteiger partial charge in [0.2, 0.25) is 5.91 Å². The minimum absolute atomic E-state index is 0.00688. The van der Waals surface area contributed by atoms with Gasteiger partial charge in [-0.1, -0.05) is 6.92 Å². The number of ketones is 1. The Morgan fingerprint density at radius 2 is 1.86 bits per heavy atom. The van der Waals surface area contributed by atoms with Crippen LogP contribution < -0.4 is 5.32 Å². The van der Waals surface area contributed by atoms with Crippen LogP contribution in [-0.4, -0.2) is 48.7 Å². The van der Waals surface area contributed by atoms with Crippen LogP contribution in [-0.2, 0) is 23.9 Å². The Hall–Kier alpha value is -1.76. The van der Waals surface area contributed by atoms with E-state index >= 15 is 0 Å². The van der Waals surface area contributed by atoms with Crippen LogP contribution in [0.2, 0.25) is 0 Å². The van der Waals surface area contributed by atoms with Gasteiger partial charge in [-0.15, -0.1) is 0 Å². The molecule has 7 heteroatoms. The summed E-state index contributed by atoms with van der Waals surface area (Å²) in [5.41, 5.74) is 0. The van der Waals surface area contributed by atoms with Crippen molar-refractivity contribution in [3.63, 3.8) is 0 Å². The van der Waals surface area contributed by atoms with Crippen LogP contribution in [0.3, 0.4) is 0 Å². The molecule has 7 nitrogen and oxygen atoms in total. The fraction of sp³-hybridized carbons (Fsp3) is 0.733. The SMILES string of the molecule is CCO[C@@H](CC)C(=O)N[C@@H](CCC(=O)C=N)C(=O)OC(C)C. The molecule has 126 valence electrons. The zero-order valence-corrected chi connectivity index (χ0v) is 13.7. The summed E-state index contributed by atoms with van der Waals surface area (Å²) in [6, 6.07) is -0.923. The highest BCUT2D eigenvalue weighted by atomic mass is 16.5. The van der Waals surface area contributed by atoms with Gasteiger partial charge in [0, 0.05) is 13.0 Å². The molecule has 0 bridgehead atoms. The molecule has 0 aliphatic carbocycles. The van der Waals surface area contributed by atoms with Crippen molar-refractivity contribution in [2.75, 3.05) is 6.61 Å². The Morgan fingerprint density at radius 1 is 1.23 bits per heavy atom. The van der Waals surface area contributed by atoms with Gasteiger partial charge in [0.25, 0.3) is 0 Å². The first kappa shape index (κ1) is 20.2. The smallest absolute Gasteiger partial charge is 0.328 e. The lowest BCUT2D eigenvalue weighted by Gasteiger charge is -2.21. The molecule has 2 N–H and O–H groups in total. The van der Waals surface area contributed by atoms with Gasteiger partial charge in [-0.3, -0.25) is 9.59 Å². The monoisotopic (exact) mass is 314 g/mol. The molecule has 1 amide bonds. The summed E-state index contributed by atoms with van der Waals surface area (Å²) in [5, 5.41) is 9.44. The average molecular weight is 314 g/mol. The van der Waals surface area contributed by atoms with Crippen LogP contribution in [0, 0.1) is 5.41 Å². The maximum atomic E-state index is 12.1. The average Bonchev–Trinajstić information content (AvgIpc) is 2.47. The molecular formula is C15H26N2O5. The third-order valence-corrected chi connectivity index (χ3v) is 2.82. The third kappa shape index (κ3) is 7.87. The fourth-order valence-corrected chi connectivity index (χ4v) is 1.77. The van der Waals surface area contributed by atoms with Crippen LogP contribution in [0.25, 0.3) is 0 Å². The molecule has 0 aliphatic rings. The predicted octanol–water partition coefficient (Wildman–Crippen LogP) is 1.24. The zero-order valence-electron chi connectivity index (χ0n) is 13.7. The maximum absolute atomic E-state index is 12.1. The first-order valence-electron chi connectivity index (χ1n) is 7.51. The van der Waals surface area contributed by atoms with Gasteiger partial charge in [-0.2, -0.15) is 0 Å². The lowest BCUT2D eigenvalue weighted by Crippen LogP contribution is -2.47. The summed E-state index contributed by atoms with van der Waals surface area (Å²) in [5.74, 6) is -1.40. The summed E-state index contributed by atoms with van der Waals surface area (Å²) in [4.78, 5) is 35.3. The Kier molecular flexibility index (Phi) is 10.0. The lowest BCUT2D eigenvalue weighted by atomic mass is 10.1. The van der Waals surface area contributed by atoms with Crippen molar-refractivity contribution in [1.29, 1.82) is 5.41 Å². The van der Waals surface area contributed by atoms with E-state index in [4.69, 9.17) is 14.9 Å². The third-order valence-electron chi connectivity index (χ3n) is 2.82. The topological polar surface area (TPSA) is 106 Å². The molecule has 0 aliphatic heterocycles. The van der Waals surface area contributed by atoms with Crippen LogP contribution in [0.1, 0.15) is 47.0 Å². The number of rotatable bonds is 11. The summed E-state index contributed by atoms with van der Waals surface area (Å²) in [7, 11) is 0. The summed E-state index contributed by atoms with van der Waals surface area (Å²) >= 11 is 0. The quantitative estimate of drug-likeness (QED) is 0.441. The minimum Gasteiger partial charge on any atom is -0.461 e. The Morgan fingerprint density at radius 3 is 2.32 bits per heavy atom. The number of carbonyl (C=O) groups excluding carboxylic acids is 3. The van der Waals surface area contributed by atoms with Gasteiger partial charge in [-0.25, -0.2) is 4.79 Å². The van der Waals surface area contributed by atoms with Gasteiger partial charge in [0.15, 0.2) is 5.78 Å². The Bertz CT molecular complexity index is 395. The molecule has 0 fully saturated rings. The molecule has 0 radical (unpaired) electrons. The number of carbonyl (C=O) groups is 3. The molecule has 0 rings (SSSR count). The van der Waals surface area contributed by atoms with Crippen LogP contribution in [0.5, 0.6) is 0 Å². The first-order valence-corrected chi connectivity index (χ1v) is 7.51. The van der Waals surface area contributed by atoms with Crippen molar-refractivity contribution >= 4 is 23.9 Å². The molecule has 0 spiro atoms. The number of Topliss-reactive ketones (excluding diaryl/α,β-unsaturated/α-hetero) is 1. The predicted molar refractivity (Wildman–Crippen MR) is 81.9 cm³/mol. The lowest BCUT2D eigenvalue weighted by molar-refractivity contribution is -0.153. The molecule has 2 atom stereocenters. The van der Waals surface area contributed by atoms with Crippen molar-refractivity contribution in [1.82, 2.24) is 5.32 Å². The second-order valence-electron chi connectivity index (χ2n) is 5.05. The summed E-state index contributed by atoms with van der Waals surface area (Å²) in [6.45, 7) is 7.38. The van der Waals surface area contributed by atoms with E-state index in [1.54, 1.807) is 27.7 Å². The number of hydrogen-bond donors (Lipinski definition) is 2. The zero-order chi connectivity index (χ0) is 17.1. The van der Waals surface area contributed by atoms with Crippen molar-refractivity contribution in [2.45, 2.75) is 65.2 Å². The van der Waals surface area contributed by atoms with Crippen molar-refractivity contribution < 1.29 is 23.9 Å².